The van der Waals surface area contributed by atoms with Gasteiger partial charge in [-0.3, -0.25) is 4.79 Å². The van der Waals surface area contributed by atoms with Gasteiger partial charge in [0.1, 0.15) is 24.2 Å². The zero-order valence-corrected chi connectivity index (χ0v) is 22.9. The fourth-order valence-corrected chi connectivity index (χ4v) is 5.56. The van der Waals surface area contributed by atoms with E-state index in [0.29, 0.717) is 6.42 Å². The zero-order valence-electron chi connectivity index (χ0n) is 22.9. The summed E-state index contributed by atoms with van der Waals surface area (Å²) < 4.78 is 29.3. The summed E-state index contributed by atoms with van der Waals surface area (Å²) in [4.78, 5) is 13.5. The molecule has 208 valence electrons. The molecule has 0 spiro atoms. The molecule has 8 nitrogen and oxygen atoms in total. The number of rotatable bonds is 4. The van der Waals surface area contributed by atoms with E-state index in [-0.39, 0.29) is 24.0 Å². The summed E-state index contributed by atoms with van der Waals surface area (Å²) in [6, 6.07) is 9.58. The van der Waals surface area contributed by atoms with Gasteiger partial charge in [0, 0.05) is 33.2 Å². The van der Waals surface area contributed by atoms with E-state index in [1.165, 1.54) is 7.11 Å². The molecule has 0 saturated carbocycles. The van der Waals surface area contributed by atoms with Crippen LogP contribution in [0.3, 0.4) is 0 Å². The lowest BCUT2D eigenvalue weighted by Gasteiger charge is -2.51. The van der Waals surface area contributed by atoms with E-state index in [1.807, 2.05) is 56.3 Å². The SMILES string of the molecule is CO[C@H]1CCCCC(c2ccccc2)OC(=O)[C@@H](C)[C@@]2(O)O[C@H]([C@@H](C)[C@H](O)[C@H]2OC)[C@@H](C)/C=C/[C@H]1OC. The molecule has 2 aliphatic heterocycles. The van der Waals surface area contributed by atoms with Crippen LogP contribution in [-0.4, -0.2) is 73.8 Å². The number of hydrogen-bond acceptors (Lipinski definition) is 8. The Labute approximate surface area is 220 Å². The van der Waals surface area contributed by atoms with Crippen molar-refractivity contribution >= 4 is 5.97 Å². The van der Waals surface area contributed by atoms with Crippen LogP contribution in [-0.2, 0) is 28.5 Å². The highest BCUT2D eigenvalue weighted by atomic mass is 16.7. The average molecular weight is 521 g/mol. The van der Waals surface area contributed by atoms with Crippen LogP contribution in [0.1, 0.15) is 58.1 Å². The summed E-state index contributed by atoms with van der Waals surface area (Å²) in [6.07, 6.45) is 3.29. The molecule has 2 bridgehead atoms. The maximum Gasteiger partial charge on any atom is 0.314 e. The maximum atomic E-state index is 13.5. The quantitative estimate of drug-likeness (QED) is 0.456. The second-order valence-corrected chi connectivity index (χ2v) is 10.4. The van der Waals surface area contributed by atoms with Crippen LogP contribution in [0.15, 0.2) is 42.5 Å². The van der Waals surface area contributed by atoms with Crippen LogP contribution in [0.2, 0.25) is 0 Å². The second-order valence-electron chi connectivity index (χ2n) is 10.4. The van der Waals surface area contributed by atoms with Gasteiger partial charge in [-0.25, -0.2) is 0 Å². The van der Waals surface area contributed by atoms with Gasteiger partial charge in [0.2, 0.25) is 5.79 Å². The highest BCUT2D eigenvalue weighted by Gasteiger charge is 2.58. The predicted molar refractivity (Wildman–Crippen MR) is 139 cm³/mol. The first kappa shape index (κ1) is 29.7. The Kier molecular flexibility index (Phi) is 10.7. The topological polar surface area (TPSA) is 104 Å². The highest BCUT2D eigenvalue weighted by Crippen LogP contribution is 2.42. The third-order valence-corrected chi connectivity index (χ3v) is 8.03. The van der Waals surface area contributed by atoms with Crippen molar-refractivity contribution < 1.29 is 38.7 Å². The van der Waals surface area contributed by atoms with E-state index in [2.05, 4.69) is 0 Å². The Hall–Kier alpha value is -1.81. The summed E-state index contributed by atoms with van der Waals surface area (Å²) in [7, 11) is 4.72. The standard InChI is InChI=1S/C29H44O8/c1-18-16-17-24(34-5)23(33-4)15-11-10-14-22(21-12-8-7-9-13-21)36-28(31)20(3)29(32)27(35-6)25(30)19(2)26(18)37-29/h7-9,12-13,16-20,22-27,30,32H,10-11,14-15H2,1-6H3/b17-16+/t18-,19-,20+,22?,23-,24+,25-,26-,27+,29+/m0/s1. The maximum absolute atomic E-state index is 13.5. The van der Waals surface area contributed by atoms with Gasteiger partial charge in [-0.2, -0.15) is 0 Å². The molecule has 37 heavy (non-hydrogen) atoms. The first-order valence-corrected chi connectivity index (χ1v) is 13.3. The van der Waals surface area contributed by atoms with E-state index in [4.69, 9.17) is 23.7 Å². The molecule has 3 rings (SSSR count). The lowest BCUT2D eigenvalue weighted by Crippen LogP contribution is -2.66. The Morgan fingerprint density at radius 3 is 2.24 bits per heavy atom. The summed E-state index contributed by atoms with van der Waals surface area (Å²) in [5.74, 6) is -4.38. The number of esters is 1. The van der Waals surface area contributed by atoms with Gasteiger partial charge in [0.25, 0.3) is 0 Å². The largest absolute Gasteiger partial charge is 0.457 e. The number of ether oxygens (including phenoxy) is 5. The van der Waals surface area contributed by atoms with Crippen molar-refractivity contribution in [2.24, 2.45) is 17.8 Å². The third-order valence-electron chi connectivity index (χ3n) is 8.03. The Morgan fingerprint density at radius 1 is 0.946 bits per heavy atom. The first-order chi connectivity index (χ1) is 17.7. The first-order valence-electron chi connectivity index (χ1n) is 13.3. The molecule has 10 atom stereocenters. The van der Waals surface area contributed by atoms with Crippen molar-refractivity contribution in [2.45, 2.75) is 88.9 Å². The van der Waals surface area contributed by atoms with Crippen molar-refractivity contribution in [2.75, 3.05) is 21.3 Å². The minimum Gasteiger partial charge on any atom is -0.457 e. The summed E-state index contributed by atoms with van der Waals surface area (Å²) in [6.45, 7) is 5.36. The fraction of sp³-hybridized carbons (Fsp3) is 0.690. The molecule has 1 aromatic carbocycles. The number of fused-ring (bicyclic) bond motifs is 2. The molecular weight excluding hydrogens is 476 g/mol. The minimum absolute atomic E-state index is 0.149. The van der Waals surface area contributed by atoms with Crippen LogP contribution in [0, 0.1) is 17.8 Å². The lowest BCUT2D eigenvalue weighted by molar-refractivity contribution is -0.360. The van der Waals surface area contributed by atoms with Gasteiger partial charge in [-0.15, -0.1) is 0 Å². The summed E-state index contributed by atoms with van der Waals surface area (Å²) >= 11 is 0. The minimum atomic E-state index is -2.08. The number of carbonyl (C=O) groups is 1. The number of aliphatic hydroxyl groups excluding tert-OH is 1. The van der Waals surface area contributed by atoms with Gasteiger partial charge >= 0.3 is 5.97 Å². The Morgan fingerprint density at radius 2 is 1.62 bits per heavy atom. The summed E-state index contributed by atoms with van der Waals surface area (Å²) in [5.41, 5.74) is 0.880. The van der Waals surface area contributed by atoms with E-state index in [9.17, 15) is 15.0 Å². The number of aliphatic hydroxyl groups is 2. The molecule has 0 aliphatic carbocycles. The van der Waals surface area contributed by atoms with Crippen LogP contribution in [0.4, 0.5) is 0 Å². The fourth-order valence-electron chi connectivity index (χ4n) is 5.56. The molecule has 0 aromatic heterocycles. The number of hydrogen-bond donors (Lipinski definition) is 2. The molecule has 1 saturated heterocycles. The van der Waals surface area contributed by atoms with E-state index >= 15 is 0 Å². The molecule has 0 amide bonds. The molecule has 0 radical (unpaired) electrons. The predicted octanol–water partition coefficient (Wildman–Crippen LogP) is 3.80. The van der Waals surface area contributed by atoms with Crippen LogP contribution in [0.25, 0.3) is 0 Å². The van der Waals surface area contributed by atoms with E-state index < -0.39 is 42.1 Å². The third kappa shape index (κ3) is 6.61. The van der Waals surface area contributed by atoms with Gasteiger partial charge in [0.15, 0.2) is 0 Å². The summed E-state index contributed by atoms with van der Waals surface area (Å²) in [5, 5.41) is 22.9. The van der Waals surface area contributed by atoms with Crippen molar-refractivity contribution in [3.8, 4) is 0 Å². The van der Waals surface area contributed by atoms with Crippen molar-refractivity contribution in [3.05, 3.63) is 48.0 Å². The van der Waals surface area contributed by atoms with Crippen molar-refractivity contribution in [1.82, 2.24) is 0 Å². The van der Waals surface area contributed by atoms with Crippen LogP contribution in [0.5, 0.6) is 0 Å². The number of methoxy groups -OCH3 is 3. The Bertz CT molecular complexity index is 876. The average Bonchev–Trinajstić information content (AvgIpc) is 2.90. The molecule has 1 fully saturated rings. The number of cyclic esters (lactones) is 1. The molecular formula is C29H44O8. The van der Waals surface area contributed by atoms with Gasteiger partial charge in [-0.1, -0.05) is 62.8 Å². The Balaban J connectivity index is 2.01. The van der Waals surface area contributed by atoms with E-state index in [1.54, 1.807) is 21.1 Å². The number of benzene rings is 1. The smallest absolute Gasteiger partial charge is 0.314 e. The van der Waals surface area contributed by atoms with Gasteiger partial charge in [0.05, 0.1) is 18.3 Å². The second kappa shape index (κ2) is 13.3. The molecule has 2 heterocycles. The normalized spacial score (nSPS) is 41.1. The molecule has 1 aromatic rings. The van der Waals surface area contributed by atoms with Crippen LogP contribution >= 0.6 is 0 Å². The van der Waals surface area contributed by atoms with Crippen molar-refractivity contribution in [3.63, 3.8) is 0 Å². The van der Waals surface area contributed by atoms with Gasteiger partial charge in [-0.05, 0) is 31.7 Å². The zero-order chi connectivity index (χ0) is 27.2. The monoisotopic (exact) mass is 520 g/mol. The molecule has 2 N–H and O–H groups in total. The van der Waals surface area contributed by atoms with Crippen molar-refractivity contribution in [1.29, 1.82) is 0 Å². The molecule has 1 unspecified atom stereocenters. The number of carbonyl (C=O) groups excluding carboxylic acids is 1. The molecule has 8 heteroatoms. The van der Waals surface area contributed by atoms with E-state index in [0.717, 1.165) is 24.8 Å². The lowest BCUT2D eigenvalue weighted by atomic mass is 9.78. The van der Waals surface area contributed by atoms with Gasteiger partial charge < -0.3 is 33.9 Å². The van der Waals surface area contributed by atoms with Crippen LogP contribution < -0.4 is 0 Å². The molecule has 2 aliphatic rings. The highest BCUT2D eigenvalue weighted by molar-refractivity contribution is 5.73.